The molecule has 0 spiro atoms. The Morgan fingerprint density at radius 3 is 1.69 bits per heavy atom. The number of nitrogens with zero attached hydrogens (tertiary/aromatic N) is 3. The number of benzene rings is 5. The summed E-state index contributed by atoms with van der Waals surface area (Å²) in [5.41, 5.74) is 4.51. The molecule has 1 amide bonds. The summed E-state index contributed by atoms with van der Waals surface area (Å²) >= 11 is 0. The molecule has 0 aliphatic heterocycles. The van der Waals surface area contributed by atoms with Gasteiger partial charge >= 0.3 is 0 Å². The quantitative estimate of drug-likeness (QED) is 0.172. The van der Waals surface area contributed by atoms with E-state index in [4.69, 9.17) is 4.98 Å². The highest BCUT2D eigenvalue weighted by atomic mass is 16.3. The van der Waals surface area contributed by atoms with Crippen molar-refractivity contribution >= 4 is 16.7 Å². The first kappa shape index (κ1) is 30.0. The molecule has 5 heteroatoms. The van der Waals surface area contributed by atoms with Crippen molar-refractivity contribution < 1.29 is 9.90 Å². The first-order valence-electron chi connectivity index (χ1n) is 15.6. The number of amides is 1. The molecule has 0 saturated heterocycles. The van der Waals surface area contributed by atoms with Gasteiger partial charge in [0.25, 0.3) is 5.91 Å². The summed E-state index contributed by atoms with van der Waals surface area (Å²) in [6.07, 6.45) is 2.84. The summed E-state index contributed by atoms with van der Waals surface area (Å²) < 4.78 is 2.11. The molecule has 45 heavy (non-hydrogen) atoms. The molecular formula is C40H39N3O2. The Hall–Kier alpha value is -5.00. The second-order valence-electron chi connectivity index (χ2n) is 12.1. The number of hydrogen-bond donors (Lipinski definition) is 1. The monoisotopic (exact) mass is 593 g/mol. The Bertz CT molecular complexity index is 1790. The summed E-state index contributed by atoms with van der Waals surface area (Å²) in [4.78, 5) is 20.0. The second kappa shape index (κ2) is 12.5. The van der Waals surface area contributed by atoms with Gasteiger partial charge in [-0.05, 0) is 78.9 Å². The van der Waals surface area contributed by atoms with Crippen LogP contribution in [0.4, 0.5) is 0 Å². The standard InChI is InChI=1S/C40H39N3O2/c1-28(2)43(29(3)4)39(45)33-23-21-30-24-32(22-20-31(30)25-33)38(44)37-26-42(27-41-37)40(34-14-8-5-9-15-34,35-16-10-6-11-17-35)36-18-12-7-13-19-36/h5-29,38,44H,1-4H3. The van der Waals surface area contributed by atoms with Crippen molar-refractivity contribution in [2.45, 2.75) is 51.4 Å². The number of aliphatic hydroxyl groups excluding tert-OH is 1. The summed E-state index contributed by atoms with van der Waals surface area (Å²) in [6.45, 7) is 8.16. The molecule has 5 nitrogen and oxygen atoms in total. The lowest BCUT2D eigenvalue weighted by Crippen LogP contribution is -2.42. The first-order valence-corrected chi connectivity index (χ1v) is 15.6. The maximum absolute atomic E-state index is 13.3. The number of aromatic nitrogens is 2. The lowest BCUT2D eigenvalue weighted by molar-refractivity contribution is 0.0644. The molecule has 6 aromatic rings. The van der Waals surface area contributed by atoms with Gasteiger partial charge in [-0.1, -0.05) is 109 Å². The Morgan fingerprint density at radius 1 is 0.689 bits per heavy atom. The van der Waals surface area contributed by atoms with Gasteiger partial charge in [0.1, 0.15) is 11.6 Å². The van der Waals surface area contributed by atoms with Crippen LogP contribution in [0.2, 0.25) is 0 Å². The summed E-state index contributed by atoms with van der Waals surface area (Å²) in [5.74, 6) is 0.0234. The van der Waals surface area contributed by atoms with Crippen LogP contribution < -0.4 is 0 Å². The molecule has 0 bridgehead atoms. The van der Waals surface area contributed by atoms with Crippen LogP contribution in [-0.2, 0) is 5.54 Å². The molecular weight excluding hydrogens is 554 g/mol. The molecule has 6 rings (SSSR count). The number of rotatable bonds is 9. The van der Waals surface area contributed by atoms with Crippen LogP contribution in [0.3, 0.4) is 0 Å². The van der Waals surface area contributed by atoms with Gasteiger partial charge in [0.15, 0.2) is 0 Å². The maximum Gasteiger partial charge on any atom is 0.254 e. The Balaban J connectivity index is 1.40. The molecule has 1 unspecified atom stereocenters. The molecule has 0 radical (unpaired) electrons. The van der Waals surface area contributed by atoms with E-state index in [2.05, 4.69) is 77.4 Å². The molecule has 0 aliphatic carbocycles. The van der Waals surface area contributed by atoms with Gasteiger partial charge in [0.05, 0.1) is 12.0 Å². The Morgan fingerprint density at radius 2 is 1.18 bits per heavy atom. The van der Waals surface area contributed by atoms with Crippen LogP contribution in [0.5, 0.6) is 0 Å². The van der Waals surface area contributed by atoms with E-state index in [-0.39, 0.29) is 18.0 Å². The lowest BCUT2D eigenvalue weighted by atomic mass is 9.77. The molecule has 1 aromatic heterocycles. The molecule has 0 saturated carbocycles. The number of hydrogen-bond acceptors (Lipinski definition) is 3. The van der Waals surface area contributed by atoms with Crippen molar-refractivity contribution in [1.82, 2.24) is 14.5 Å². The van der Waals surface area contributed by atoms with Gasteiger partial charge in [-0.3, -0.25) is 4.79 Å². The predicted octanol–water partition coefficient (Wildman–Crippen LogP) is 8.22. The van der Waals surface area contributed by atoms with Gasteiger partial charge < -0.3 is 14.6 Å². The fraction of sp³-hybridized carbons (Fsp3) is 0.200. The molecule has 1 atom stereocenters. The van der Waals surface area contributed by atoms with E-state index in [1.165, 1.54) is 0 Å². The van der Waals surface area contributed by atoms with Crippen molar-refractivity contribution in [3.05, 3.63) is 173 Å². The van der Waals surface area contributed by atoms with E-state index in [1.54, 1.807) is 0 Å². The van der Waals surface area contributed by atoms with Crippen LogP contribution in [0, 0.1) is 0 Å². The molecule has 1 heterocycles. The minimum Gasteiger partial charge on any atom is -0.382 e. The number of carbonyl (C=O) groups excluding carboxylic acids is 1. The Kier molecular flexibility index (Phi) is 8.38. The van der Waals surface area contributed by atoms with E-state index in [9.17, 15) is 9.90 Å². The van der Waals surface area contributed by atoms with Gasteiger partial charge in [-0.25, -0.2) is 4.98 Å². The summed E-state index contributed by atoms with van der Waals surface area (Å²) in [7, 11) is 0. The van der Waals surface area contributed by atoms with E-state index in [1.807, 2.05) is 99.7 Å². The maximum atomic E-state index is 13.3. The third kappa shape index (κ3) is 5.56. The van der Waals surface area contributed by atoms with E-state index in [0.29, 0.717) is 11.3 Å². The van der Waals surface area contributed by atoms with Crippen molar-refractivity contribution in [3.63, 3.8) is 0 Å². The Labute approximate surface area is 265 Å². The molecule has 0 fully saturated rings. The van der Waals surface area contributed by atoms with Crippen molar-refractivity contribution in [2.24, 2.45) is 0 Å². The molecule has 1 N–H and O–H groups in total. The predicted molar refractivity (Wildman–Crippen MR) is 181 cm³/mol. The second-order valence-corrected chi connectivity index (χ2v) is 12.1. The number of carbonyl (C=O) groups is 1. The summed E-state index contributed by atoms with van der Waals surface area (Å²) in [6, 6.07) is 43.1. The van der Waals surface area contributed by atoms with Gasteiger partial charge in [0.2, 0.25) is 0 Å². The zero-order valence-corrected chi connectivity index (χ0v) is 26.2. The van der Waals surface area contributed by atoms with Crippen LogP contribution in [0.15, 0.2) is 140 Å². The van der Waals surface area contributed by atoms with Gasteiger partial charge in [-0.2, -0.15) is 0 Å². The summed E-state index contributed by atoms with van der Waals surface area (Å²) in [5, 5.41) is 13.5. The zero-order chi connectivity index (χ0) is 31.6. The zero-order valence-electron chi connectivity index (χ0n) is 26.2. The highest BCUT2D eigenvalue weighted by Gasteiger charge is 2.38. The van der Waals surface area contributed by atoms with Gasteiger partial charge in [-0.15, -0.1) is 0 Å². The number of aliphatic hydroxyl groups is 1. The highest BCUT2D eigenvalue weighted by molar-refractivity contribution is 5.99. The minimum atomic E-state index is -0.936. The average Bonchev–Trinajstić information content (AvgIpc) is 3.56. The van der Waals surface area contributed by atoms with Crippen molar-refractivity contribution in [1.29, 1.82) is 0 Å². The minimum absolute atomic E-state index is 0.0234. The van der Waals surface area contributed by atoms with Crippen molar-refractivity contribution in [2.75, 3.05) is 0 Å². The number of imidazole rings is 1. The van der Waals surface area contributed by atoms with Crippen LogP contribution in [0.25, 0.3) is 10.8 Å². The smallest absolute Gasteiger partial charge is 0.254 e. The third-order valence-corrected chi connectivity index (χ3v) is 8.62. The van der Waals surface area contributed by atoms with Gasteiger partial charge in [0, 0.05) is 23.8 Å². The third-order valence-electron chi connectivity index (χ3n) is 8.62. The molecule has 0 aliphatic rings. The van der Waals surface area contributed by atoms with Crippen LogP contribution in [0.1, 0.15) is 72.1 Å². The number of fused-ring (bicyclic) bond motifs is 1. The molecule has 226 valence electrons. The highest BCUT2D eigenvalue weighted by Crippen LogP contribution is 2.41. The fourth-order valence-electron chi connectivity index (χ4n) is 6.60. The lowest BCUT2D eigenvalue weighted by Gasteiger charge is -2.37. The topological polar surface area (TPSA) is 58.4 Å². The largest absolute Gasteiger partial charge is 0.382 e. The fourth-order valence-corrected chi connectivity index (χ4v) is 6.60. The normalized spacial score (nSPS) is 12.5. The van der Waals surface area contributed by atoms with E-state index < -0.39 is 11.6 Å². The SMILES string of the molecule is CC(C)N(C(=O)c1ccc2cc(C(O)c3cn(C(c4ccccc4)(c4ccccc4)c4ccccc4)cn3)ccc2c1)C(C)C. The van der Waals surface area contributed by atoms with E-state index >= 15 is 0 Å². The van der Waals surface area contributed by atoms with E-state index in [0.717, 1.165) is 33.0 Å². The van der Waals surface area contributed by atoms with Crippen LogP contribution >= 0.6 is 0 Å². The van der Waals surface area contributed by atoms with Crippen molar-refractivity contribution in [3.8, 4) is 0 Å². The first-order chi connectivity index (χ1) is 21.8. The average molecular weight is 594 g/mol. The van der Waals surface area contributed by atoms with Crippen LogP contribution in [-0.4, -0.2) is 37.5 Å². The molecule has 5 aromatic carbocycles.